The number of benzene rings is 2. The fraction of sp³-hybridized carbons (Fsp3) is 0.318. The van der Waals surface area contributed by atoms with Crippen molar-refractivity contribution in [1.82, 2.24) is 4.90 Å². The van der Waals surface area contributed by atoms with Gasteiger partial charge in [-0.05, 0) is 29.7 Å². The van der Waals surface area contributed by atoms with Crippen LogP contribution in [0.2, 0.25) is 0 Å². The summed E-state index contributed by atoms with van der Waals surface area (Å²) in [5.74, 6) is -1.53. The van der Waals surface area contributed by atoms with E-state index in [0.29, 0.717) is 18.8 Å². The molecule has 28 heavy (non-hydrogen) atoms. The van der Waals surface area contributed by atoms with Gasteiger partial charge in [-0.25, -0.2) is 0 Å². The summed E-state index contributed by atoms with van der Waals surface area (Å²) in [5, 5.41) is 2.70. The van der Waals surface area contributed by atoms with Crippen LogP contribution >= 0.6 is 0 Å². The molecule has 1 aliphatic heterocycles. The van der Waals surface area contributed by atoms with E-state index in [-0.39, 0.29) is 18.9 Å². The molecule has 0 saturated carbocycles. The van der Waals surface area contributed by atoms with E-state index in [1.54, 1.807) is 4.90 Å². The molecule has 1 fully saturated rings. The van der Waals surface area contributed by atoms with Crippen LogP contribution in [0.15, 0.2) is 54.6 Å². The maximum atomic E-state index is 12.2. The van der Waals surface area contributed by atoms with E-state index in [2.05, 4.69) is 12.2 Å². The number of esters is 1. The van der Waals surface area contributed by atoms with E-state index in [1.807, 2.05) is 54.6 Å². The summed E-state index contributed by atoms with van der Waals surface area (Å²) in [7, 11) is 0. The van der Waals surface area contributed by atoms with E-state index in [9.17, 15) is 14.4 Å². The monoisotopic (exact) mass is 380 g/mol. The molecule has 0 spiro atoms. The van der Waals surface area contributed by atoms with Crippen LogP contribution in [0.3, 0.4) is 0 Å². The Balaban J connectivity index is 1.45. The van der Waals surface area contributed by atoms with Crippen LogP contribution in [0.4, 0.5) is 5.69 Å². The van der Waals surface area contributed by atoms with Crippen molar-refractivity contribution in [2.24, 2.45) is 5.92 Å². The summed E-state index contributed by atoms with van der Waals surface area (Å²) in [6, 6.07) is 17.1. The van der Waals surface area contributed by atoms with Gasteiger partial charge in [0.25, 0.3) is 5.91 Å². The number of hydrogen-bond acceptors (Lipinski definition) is 4. The molecule has 1 saturated heterocycles. The number of aryl methyl sites for hydroxylation is 1. The number of hydrogen-bond donors (Lipinski definition) is 1. The Morgan fingerprint density at radius 1 is 1.07 bits per heavy atom. The molecule has 3 rings (SSSR count). The van der Waals surface area contributed by atoms with Crippen LogP contribution in [-0.4, -0.2) is 35.8 Å². The Bertz CT molecular complexity index is 833. The highest BCUT2D eigenvalue weighted by molar-refractivity contribution is 5.93. The van der Waals surface area contributed by atoms with E-state index in [0.717, 1.165) is 12.0 Å². The molecule has 1 atom stereocenters. The predicted molar refractivity (Wildman–Crippen MR) is 105 cm³/mol. The second-order valence-corrected chi connectivity index (χ2v) is 6.87. The molecule has 1 aliphatic rings. The Hall–Kier alpha value is -3.15. The fourth-order valence-corrected chi connectivity index (χ4v) is 3.16. The Morgan fingerprint density at radius 2 is 1.79 bits per heavy atom. The molecule has 0 radical (unpaired) electrons. The highest BCUT2D eigenvalue weighted by Gasteiger charge is 2.35. The summed E-state index contributed by atoms with van der Waals surface area (Å²) >= 11 is 0. The number of carbonyl (C=O) groups excluding carboxylic acids is 3. The minimum Gasteiger partial charge on any atom is -0.455 e. The largest absolute Gasteiger partial charge is 0.455 e. The molecule has 0 bridgehead atoms. The second kappa shape index (κ2) is 9.17. The molecule has 2 amide bonds. The van der Waals surface area contributed by atoms with E-state index < -0.39 is 17.8 Å². The first-order chi connectivity index (χ1) is 13.5. The van der Waals surface area contributed by atoms with Crippen molar-refractivity contribution in [3.8, 4) is 0 Å². The van der Waals surface area contributed by atoms with Gasteiger partial charge in [0.15, 0.2) is 6.61 Å². The number of nitrogens with one attached hydrogen (secondary N) is 1. The second-order valence-electron chi connectivity index (χ2n) is 6.87. The van der Waals surface area contributed by atoms with Crippen molar-refractivity contribution in [2.45, 2.75) is 26.3 Å². The number of ether oxygens (including phenoxy) is 1. The highest BCUT2D eigenvalue weighted by atomic mass is 16.5. The zero-order valence-electron chi connectivity index (χ0n) is 15.9. The van der Waals surface area contributed by atoms with Crippen LogP contribution in [-0.2, 0) is 32.1 Å². The molecule has 2 aromatic rings. The summed E-state index contributed by atoms with van der Waals surface area (Å²) in [5.41, 5.74) is 2.84. The molecule has 146 valence electrons. The Labute approximate surface area is 164 Å². The molecule has 0 aliphatic carbocycles. The molecule has 1 unspecified atom stereocenters. The first kappa shape index (κ1) is 19.6. The van der Waals surface area contributed by atoms with Gasteiger partial charge in [0.2, 0.25) is 5.91 Å². The van der Waals surface area contributed by atoms with Gasteiger partial charge >= 0.3 is 5.97 Å². The number of nitrogens with zero attached hydrogens (tertiary/aromatic N) is 1. The zero-order valence-corrected chi connectivity index (χ0v) is 15.9. The normalized spacial score (nSPS) is 16.1. The maximum absolute atomic E-state index is 12.2. The van der Waals surface area contributed by atoms with Gasteiger partial charge in [-0.15, -0.1) is 0 Å². The van der Waals surface area contributed by atoms with Crippen molar-refractivity contribution in [3.05, 3.63) is 65.7 Å². The Kier molecular flexibility index (Phi) is 6.42. The lowest BCUT2D eigenvalue weighted by Crippen LogP contribution is -2.28. The lowest BCUT2D eigenvalue weighted by molar-refractivity contribution is -0.151. The number of anilines is 1. The first-order valence-electron chi connectivity index (χ1n) is 9.42. The van der Waals surface area contributed by atoms with Crippen LogP contribution in [0.1, 0.15) is 24.5 Å². The third-order valence-corrected chi connectivity index (χ3v) is 4.76. The third kappa shape index (κ3) is 5.19. The fourth-order valence-electron chi connectivity index (χ4n) is 3.16. The predicted octanol–water partition coefficient (Wildman–Crippen LogP) is 2.78. The molecule has 6 nitrogen and oxygen atoms in total. The number of amides is 2. The third-order valence-electron chi connectivity index (χ3n) is 4.76. The van der Waals surface area contributed by atoms with Crippen LogP contribution in [0, 0.1) is 5.92 Å². The molecular weight excluding hydrogens is 356 g/mol. The molecule has 1 N–H and O–H groups in total. The molecule has 6 heteroatoms. The highest BCUT2D eigenvalue weighted by Crippen LogP contribution is 2.21. The van der Waals surface area contributed by atoms with Crippen molar-refractivity contribution < 1.29 is 19.1 Å². The lowest BCUT2D eigenvalue weighted by atomic mass is 10.1. The molecule has 2 aromatic carbocycles. The van der Waals surface area contributed by atoms with Gasteiger partial charge in [-0.3, -0.25) is 14.4 Å². The van der Waals surface area contributed by atoms with Gasteiger partial charge in [0.05, 0.1) is 5.92 Å². The van der Waals surface area contributed by atoms with Crippen molar-refractivity contribution >= 4 is 23.5 Å². The number of rotatable bonds is 7. The van der Waals surface area contributed by atoms with Crippen molar-refractivity contribution in [1.29, 1.82) is 0 Å². The van der Waals surface area contributed by atoms with Gasteiger partial charge in [0, 0.05) is 25.2 Å². The van der Waals surface area contributed by atoms with Crippen LogP contribution in [0.5, 0.6) is 0 Å². The molecule has 0 aromatic heterocycles. The van der Waals surface area contributed by atoms with Gasteiger partial charge in [-0.2, -0.15) is 0 Å². The number of carbonyl (C=O) groups is 3. The molecular formula is C22H24N2O4. The van der Waals surface area contributed by atoms with Gasteiger partial charge in [0.1, 0.15) is 0 Å². The maximum Gasteiger partial charge on any atom is 0.311 e. The minimum absolute atomic E-state index is 0.0775. The SMILES string of the molecule is CCc1ccc(NC(=O)COC(=O)C2CC(=O)N(Cc3ccccc3)C2)cc1. The molecule has 1 heterocycles. The van der Waals surface area contributed by atoms with E-state index >= 15 is 0 Å². The Morgan fingerprint density at radius 3 is 2.46 bits per heavy atom. The first-order valence-corrected chi connectivity index (χ1v) is 9.42. The minimum atomic E-state index is -0.534. The average molecular weight is 380 g/mol. The van der Waals surface area contributed by atoms with Crippen LogP contribution in [0.25, 0.3) is 0 Å². The lowest BCUT2D eigenvalue weighted by Gasteiger charge is -2.16. The smallest absolute Gasteiger partial charge is 0.311 e. The van der Waals surface area contributed by atoms with Gasteiger partial charge in [-0.1, -0.05) is 49.4 Å². The van der Waals surface area contributed by atoms with Crippen molar-refractivity contribution in [2.75, 3.05) is 18.5 Å². The summed E-state index contributed by atoms with van der Waals surface area (Å²) < 4.78 is 5.12. The zero-order chi connectivity index (χ0) is 19.9. The van der Waals surface area contributed by atoms with Gasteiger partial charge < -0.3 is 15.0 Å². The average Bonchev–Trinajstić information content (AvgIpc) is 3.08. The summed E-state index contributed by atoms with van der Waals surface area (Å²) in [6.07, 6.45) is 1.04. The summed E-state index contributed by atoms with van der Waals surface area (Å²) in [4.78, 5) is 38.1. The van der Waals surface area contributed by atoms with E-state index in [4.69, 9.17) is 4.74 Å². The quantitative estimate of drug-likeness (QED) is 0.750. The van der Waals surface area contributed by atoms with Crippen LogP contribution < -0.4 is 5.32 Å². The number of likely N-dealkylation sites (tertiary alicyclic amines) is 1. The standard InChI is InChI=1S/C22H24N2O4/c1-2-16-8-10-19(11-9-16)23-20(25)15-28-22(27)18-12-21(26)24(14-18)13-17-6-4-3-5-7-17/h3-11,18H,2,12-15H2,1H3,(H,23,25). The topological polar surface area (TPSA) is 75.7 Å². The summed E-state index contributed by atoms with van der Waals surface area (Å²) in [6.45, 7) is 2.48. The van der Waals surface area contributed by atoms with E-state index in [1.165, 1.54) is 5.56 Å². The van der Waals surface area contributed by atoms with Crippen molar-refractivity contribution in [3.63, 3.8) is 0 Å².